The molecule has 4 unspecified atom stereocenters. The quantitative estimate of drug-likeness (QED) is 0.499. The Morgan fingerprint density at radius 3 is 1.45 bits per heavy atom. The summed E-state index contributed by atoms with van der Waals surface area (Å²) in [5.41, 5.74) is 0. The Morgan fingerprint density at radius 1 is 0.650 bits per heavy atom. The van der Waals surface area contributed by atoms with E-state index in [4.69, 9.17) is 104 Å². The van der Waals surface area contributed by atoms with Gasteiger partial charge < -0.3 is 0 Å². The van der Waals surface area contributed by atoms with Gasteiger partial charge in [-0.2, -0.15) is 0 Å². The summed E-state index contributed by atoms with van der Waals surface area (Å²) < 4.78 is -1.83. The second-order valence-corrected chi connectivity index (χ2v) is 11.4. The normalized spacial score (nSPS) is 80.7. The summed E-state index contributed by atoms with van der Waals surface area (Å²) in [5.74, 6) is -1.37. The van der Waals surface area contributed by atoms with Crippen molar-refractivity contribution in [2.24, 2.45) is 5.92 Å². The number of halogens is 9. The van der Waals surface area contributed by atoms with Gasteiger partial charge in [0.15, 0.2) is 10.1 Å². The van der Waals surface area contributed by atoms with Crippen LogP contribution in [0, 0.1) is 5.92 Å². The molecule has 110 valence electrons. The molecule has 6 aliphatic carbocycles. The molecule has 0 N–H and O–H groups in total. The molecule has 6 fully saturated rings. The zero-order valence-corrected chi connectivity index (χ0v) is 15.7. The van der Waals surface area contributed by atoms with E-state index in [0.29, 0.717) is 0 Å². The van der Waals surface area contributed by atoms with Crippen LogP contribution in [0.5, 0.6) is 0 Å². The van der Waals surface area contributed by atoms with Crippen LogP contribution in [0.2, 0.25) is 0 Å². The van der Waals surface area contributed by atoms with E-state index >= 15 is 0 Å². The number of ketones is 1. The highest BCUT2D eigenvalue weighted by molar-refractivity contribution is 6.78. The van der Waals surface area contributed by atoms with Crippen LogP contribution in [-0.4, -0.2) is 44.2 Å². The third kappa shape index (κ3) is 0.577. The summed E-state index contributed by atoms with van der Waals surface area (Å²) >= 11 is 59.1. The van der Waals surface area contributed by atoms with Crippen molar-refractivity contribution in [1.29, 1.82) is 0 Å². The molecule has 4 atom stereocenters. The molecule has 6 saturated carbocycles. The largest absolute Gasteiger partial charge is 0.297 e. The fourth-order valence-electron chi connectivity index (χ4n) is 5.65. The number of hydrogen-bond donors (Lipinski definition) is 0. The Hall–Kier alpha value is 2.28. The molecule has 0 aliphatic heterocycles. The molecule has 0 spiro atoms. The van der Waals surface area contributed by atoms with Gasteiger partial charge in [0.05, 0.1) is 5.92 Å². The Labute approximate surface area is 158 Å². The Morgan fingerprint density at radius 2 is 1.05 bits per heavy atom. The average molecular weight is 456 g/mol. The number of carbonyl (C=O) groups excluding carboxylic acids is 1. The van der Waals surface area contributed by atoms with E-state index in [2.05, 4.69) is 0 Å². The average Bonchev–Trinajstić information content (AvgIpc) is 2.62. The van der Waals surface area contributed by atoms with E-state index in [0.717, 1.165) is 0 Å². The van der Waals surface area contributed by atoms with Gasteiger partial charge in [0.2, 0.25) is 0 Å². The van der Waals surface area contributed by atoms with E-state index in [1.165, 1.54) is 0 Å². The summed E-state index contributed by atoms with van der Waals surface area (Å²) in [5, 5.41) is 0. The fourth-order valence-corrected chi connectivity index (χ4v) is 13.1. The Kier molecular flexibility index (Phi) is 2.02. The van der Waals surface area contributed by atoms with Gasteiger partial charge >= 0.3 is 0 Å². The maximum Gasteiger partial charge on any atom is 0.164 e. The van der Waals surface area contributed by atoms with Gasteiger partial charge in [0.1, 0.15) is 34.1 Å². The molecule has 0 amide bonds. The smallest absolute Gasteiger partial charge is 0.164 e. The van der Waals surface area contributed by atoms with E-state index in [1.54, 1.807) is 0 Å². The number of carbonyl (C=O) groups is 1. The molecule has 0 heterocycles. The fraction of sp³-hybridized carbons (Fsp3) is 0.900. The first-order valence-corrected chi connectivity index (χ1v) is 8.92. The number of rotatable bonds is 0. The van der Waals surface area contributed by atoms with Crippen LogP contribution >= 0.6 is 104 Å². The molecule has 0 aromatic rings. The lowest BCUT2D eigenvalue weighted by Gasteiger charge is -2.79. The minimum absolute atomic E-state index is 0.439. The molecular weight excluding hydrogens is 455 g/mol. The van der Waals surface area contributed by atoms with Gasteiger partial charge in [-0.3, -0.25) is 4.79 Å². The van der Waals surface area contributed by atoms with Crippen LogP contribution in [0.15, 0.2) is 0 Å². The Bertz CT molecular complexity index is 644. The predicted molar refractivity (Wildman–Crippen MR) is 83.0 cm³/mol. The monoisotopic (exact) mass is 452 g/mol. The first kappa shape index (κ1) is 14.6. The minimum atomic E-state index is -1.83. The zero-order chi connectivity index (χ0) is 15.2. The minimum Gasteiger partial charge on any atom is -0.297 e. The highest BCUT2D eigenvalue weighted by Crippen LogP contribution is 3.08. The van der Waals surface area contributed by atoms with E-state index in [9.17, 15) is 4.79 Å². The summed E-state index contributed by atoms with van der Waals surface area (Å²) in [6.07, 6.45) is 0. The molecular formula is C10HCl9O. The molecule has 0 aromatic carbocycles. The van der Waals surface area contributed by atoms with Crippen molar-refractivity contribution in [3.05, 3.63) is 0 Å². The maximum absolute atomic E-state index is 12.6. The van der Waals surface area contributed by atoms with Gasteiger partial charge in [-0.25, -0.2) is 0 Å². The molecule has 1 nitrogen and oxygen atoms in total. The Balaban J connectivity index is 2.05. The summed E-state index contributed by atoms with van der Waals surface area (Å²) in [4.78, 5) is 1.08. The lowest BCUT2D eigenvalue weighted by molar-refractivity contribution is -0.123. The lowest BCUT2D eigenvalue weighted by atomic mass is 9.42. The van der Waals surface area contributed by atoms with Crippen molar-refractivity contribution in [1.82, 2.24) is 0 Å². The summed E-state index contributed by atoms with van der Waals surface area (Å²) in [6.45, 7) is 0. The zero-order valence-electron chi connectivity index (χ0n) is 8.89. The van der Waals surface area contributed by atoms with Crippen molar-refractivity contribution < 1.29 is 4.79 Å². The number of Topliss-reactive ketones (excluding diaryl/α,β-unsaturated/α-hetero) is 1. The van der Waals surface area contributed by atoms with Crippen molar-refractivity contribution in [3.8, 4) is 0 Å². The van der Waals surface area contributed by atoms with Gasteiger partial charge in [0, 0.05) is 0 Å². The van der Waals surface area contributed by atoms with Gasteiger partial charge in [-0.05, 0) is 0 Å². The van der Waals surface area contributed by atoms with Crippen molar-refractivity contribution in [2.75, 3.05) is 0 Å². The third-order valence-corrected chi connectivity index (χ3v) is 14.2. The first-order chi connectivity index (χ1) is 8.78. The molecule has 6 rings (SSSR count). The van der Waals surface area contributed by atoms with Gasteiger partial charge in [-0.15, -0.1) is 81.2 Å². The highest BCUT2D eigenvalue weighted by atomic mass is 35.5. The standard InChI is InChI=1S/C10HCl9O/c11-3-1-2(20)5(13)6(3,14)9(17)7(5,15)4(1,12)8(3,16)10(9,18)19/h1H. The molecule has 0 aromatic heterocycles. The van der Waals surface area contributed by atoms with Crippen molar-refractivity contribution >= 4 is 110 Å². The first-order valence-electron chi connectivity index (χ1n) is 5.52. The van der Waals surface area contributed by atoms with Crippen LogP contribution in [0.25, 0.3) is 0 Å². The third-order valence-electron chi connectivity index (χ3n) is 6.17. The molecule has 20 heavy (non-hydrogen) atoms. The summed E-state index contributed by atoms with van der Waals surface area (Å²) in [7, 11) is 0. The van der Waals surface area contributed by atoms with Crippen LogP contribution in [0.3, 0.4) is 0 Å². The van der Waals surface area contributed by atoms with Crippen LogP contribution in [0.4, 0.5) is 0 Å². The van der Waals surface area contributed by atoms with Gasteiger partial charge in [0.25, 0.3) is 0 Å². The van der Waals surface area contributed by atoms with Crippen LogP contribution in [0.1, 0.15) is 0 Å². The molecule has 6 aliphatic rings. The topological polar surface area (TPSA) is 17.1 Å². The lowest BCUT2D eigenvalue weighted by Crippen LogP contribution is -3.00. The van der Waals surface area contributed by atoms with Crippen molar-refractivity contribution in [2.45, 2.75) is 38.5 Å². The van der Waals surface area contributed by atoms with Crippen LogP contribution in [-0.2, 0) is 4.79 Å². The van der Waals surface area contributed by atoms with Crippen LogP contribution < -0.4 is 0 Å². The highest BCUT2D eigenvalue weighted by Gasteiger charge is 3.27. The van der Waals surface area contributed by atoms with Crippen molar-refractivity contribution in [3.63, 3.8) is 0 Å². The molecule has 10 heteroatoms. The van der Waals surface area contributed by atoms with E-state index in [-0.39, 0.29) is 0 Å². The molecule has 4 bridgehead atoms. The van der Waals surface area contributed by atoms with Gasteiger partial charge in [-0.1, -0.05) is 23.2 Å². The maximum atomic E-state index is 12.6. The summed E-state index contributed by atoms with van der Waals surface area (Å²) in [6, 6.07) is 0. The van der Waals surface area contributed by atoms with E-state index < -0.39 is 50.2 Å². The number of hydrogen-bond acceptors (Lipinski definition) is 1. The molecule has 0 saturated heterocycles. The number of alkyl halides is 9. The second kappa shape index (κ2) is 2.76. The SMILES string of the molecule is O=C1C2C3(Cl)C4(Cl)C(Cl)(Cl)C5(Cl)C3(Cl)C1(Cl)C5(Cl)C24Cl. The predicted octanol–water partition coefficient (Wildman–Crippen LogP) is 4.26. The van der Waals surface area contributed by atoms with E-state index in [1.807, 2.05) is 0 Å². The second-order valence-electron chi connectivity index (χ2n) is 6.09. The molecule has 0 radical (unpaired) electrons.